The van der Waals surface area contributed by atoms with Crippen LogP contribution in [0.1, 0.15) is 31.5 Å². The van der Waals surface area contributed by atoms with Gasteiger partial charge in [-0.05, 0) is 12.8 Å². The van der Waals surface area contributed by atoms with E-state index in [1.807, 2.05) is 0 Å². The molecule has 106 valence electrons. The highest BCUT2D eigenvalue weighted by Gasteiger charge is 2.42. The molecule has 0 aromatic carbocycles. The first-order chi connectivity index (χ1) is 9.50. The van der Waals surface area contributed by atoms with Crippen molar-refractivity contribution in [3.8, 4) is 0 Å². The molecule has 20 heavy (non-hydrogen) atoms. The summed E-state index contributed by atoms with van der Waals surface area (Å²) >= 11 is 0. The van der Waals surface area contributed by atoms with Gasteiger partial charge in [0.1, 0.15) is 5.82 Å². The minimum atomic E-state index is -0.808. The number of nitrogen functional groups attached to an aromatic ring is 1. The molecule has 1 fully saturated rings. The fourth-order valence-electron chi connectivity index (χ4n) is 2.89. The minimum absolute atomic E-state index is 0.00522. The van der Waals surface area contributed by atoms with Crippen molar-refractivity contribution in [2.45, 2.75) is 32.1 Å². The van der Waals surface area contributed by atoms with Gasteiger partial charge in [-0.25, -0.2) is 4.98 Å². The molecule has 1 aliphatic rings. The summed E-state index contributed by atoms with van der Waals surface area (Å²) in [6.45, 7) is 0. The second-order valence-corrected chi connectivity index (χ2v) is 5.30. The van der Waals surface area contributed by atoms with Crippen molar-refractivity contribution in [2.75, 3.05) is 5.73 Å². The average Bonchev–Trinajstić information content (AvgIpc) is 2.97. The van der Waals surface area contributed by atoms with Gasteiger partial charge in [-0.2, -0.15) is 4.98 Å². The molecular weight excluding hydrogens is 262 g/mol. The molecule has 8 heteroatoms. The Morgan fingerprint density at radius 3 is 2.65 bits per heavy atom. The normalized spacial score (nSPS) is 17.6. The molecule has 0 saturated heterocycles. The largest absolute Gasteiger partial charge is 0.481 e. The monoisotopic (exact) mass is 277 g/mol. The van der Waals surface area contributed by atoms with Crippen LogP contribution in [0.25, 0.3) is 11.2 Å². The first-order valence-electron chi connectivity index (χ1n) is 6.48. The van der Waals surface area contributed by atoms with Gasteiger partial charge in [0.25, 0.3) is 5.56 Å². The Bertz CT molecular complexity index is 726. The van der Waals surface area contributed by atoms with Crippen LogP contribution in [0, 0.1) is 5.41 Å². The van der Waals surface area contributed by atoms with Crippen molar-refractivity contribution in [1.29, 1.82) is 0 Å². The molecule has 0 amide bonds. The number of carbonyl (C=O) groups is 1. The summed E-state index contributed by atoms with van der Waals surface area (Å²) in [7, 11) is 0. The van der Waals surface area contributed by atoms with Crippen LogP contribution in [0.2, 0.25) is 0 Å². The van der Waals surface area contributed by atoms with Gasteiger partial charge in [0.15, 0.2) is 11.2 Å². The summed E-state index contributed by atoms with van der Waals surface area (Å²) in [5.74, 6) is -0.348. The minimum Gasteiger partial charge on any atom is -0.481 e. The van der Waals surface area contributed by atoms with Crippen LogP contribution in [0.5, 0.6) is 0 Å². The van der Waals surface area contributed by atoms with Gasteiger partial charge < -0.3 is 15.8 Å². The Labute approximate surface area is 113 Å². The van der Waals surface area contributed by atoms with Crippen LogP contribution in [0.4, 0.5) is 5.95 Å². The molecule has 2 aromatic heterocycles. The number of aromatic nitrogens is 4. The second kappa shape index (κ2) is 4.32. The number of nitrogens with zero attached hydrogens (tertiary/aromatic N) is 2. The van der Waals surface area contributed by atoms with E-state index in [1.165, 1.54) is 0 Å². The first kappa shape index (κ1) is 12.6. The van der Waals surface area contributed by atoms with Crippen molar-refractivity contribution in [3.63, 3.8) is 0 Å². The van der Waals surface area contributed by atoms with Crippen LogP contribution in [-0.4, -0.2) is 31.0 Å². The SMILES string of the molecule is Nc1nc2nc(CC3(C(=O)O)CCCC3)[nH]c2c(=O)[nH]1. The number of hydrogen-bond acceptors (Lipinski definition) is 5. The fraction of sp³-hybridized carbons (Fsp3) is 0.500. The Hall–Kier alpha value is -2.38. The van der Waals surface area contributed by atoms with Crippen molar-refractivity contribution >= 4 is 23.1 Å². The number of fused-ring (bicyclic) bond motifs is 1. The van der Waals surface area contributed by atoms with E-state index in [-0.39, 0.29) is 23.5 Å². The van der Waals surface area contributed by atoms with E-state index >= 15 is 0 Å². The lowest BCUT2D eigenvalue weighted by Crippen LogP contribution is -2.30. The molecule has 0 unspecified atom stereocenters. The molecule has 0 aliphatic heterocycles. The summed E-state index contributed by atoms with van der Waals surface area (Å²) in [5.41, 5.74) is 4.72. The molecule has 0 atom stereocenters. The molecule has 8 nitrogen and oxygen atoms in total. The second-order valence-electron chi connectivity index (χ2n) is 5.30. The van der Waals surface area contributed by atoms with E-state index in [4.69, 9.17) is 5.73 Å². The smallest absolute Gasteiger partial charge is 0.310 e. The number of hydrogen-bond donors (Lipinski definition) is 4. The third-order valence-electron chi connectivity index (χ3n) is 3.95. The zero-order valence-electron chi connectivity index (χ0n) is 10.8. The van der Waals surface area contributed by atoms with Crippen molar-refractivity contribution in [2.24, 2.45) is 5.41 Å². The summed E-state index contributed by atoms with van der Waals surface area (Å²) in [6.07, 6.45) is 3.34. The molecule has 2 heterocycles. The maximum Gasteiger partial charge on any atom is 0.310 e. The third-order valence-corrected chi connectivity index (χ3v) is 3.95. The van der Waals surface area contributed by atoms with Gasteiger partial charge >= 0.3 is 5.97 Å². The molecule has 0 spiro atoms. The van der Waals surface area contributed by atoms with Crippen LogP contribution in [0.3, 0.4) is 0 Å². The first-order valence-corrected chi connectivity index (χ1v) is 6.48. The number of nitrogens with two attached hydrogens (primary N) is 1. The number of H-pyrrole nitrogens is 2. The van der Waals surface area contributed by atoms with Gasteiger partial charge in [0.05, 0.1) is 5.41 Å². The van der Waals surface area contributed by atoms with E-state index in [1.54, 1.807) is 0 Å². The average molecular weight is 277 g/mol. The Morgan fingerprint density at radius 1 is 1.30 bits per heavy atom. The highest BCUT2D eigenvalue weighted by molar-refractivity contribution is 5.76. The molecule has 1 aliphatic carbocycles. The standard InChI is InChI=1S/C12H15N5O3/c13-11-16-8-7(9(18)17-11)14-6(15-8)5-12(10(19)20)3-1-2-4-12/h1-5H2,(H,19,20)(H4,13,14,15,16,17,18). The lowest BCUT2D eigenvalue weighted by molar-refractivity contribution is -0.148. The number of anilines is 1. The number of aromatic amines is 2. The van der Waals surface area contributed by atoms with Crippen LogP contribution < -0.4 is 11.3 Å². The molecule has 2 aromatic rings. The van der Waals surface area contributed by atoms with E-state index in [0.29, 0.717) is 18.7 Å². The summed E-state index contributed by atoms with van der Waals surface area (Å²) in [4.78, 5) is 36.6. The quantitative estimate of drug-likeness (QED) is 0.641. The number of carboxylic acids is 1. The summed E-state index contributed by atoms with van der Waals surface area (Å²) in [6, 6.07) is 0. The van der Waals surface area contributed by atoms with Crippen LogP contribution in [0.15, 0.2) is 4.79 Å². The maximum atomic E-state index is 11.7. The van der Waals surface area contributed by atoms with E-state index in [0.717, 1.165) is 12.8 Å². The van der Waals surface area contributed by atoms with Gasteiger partial charge in [0.2, 0.25) is 5.95 Å². The predicted octanol–water partition coefficient (Wildman–Crippen LogP) is 0.416. The van der Waals surface area contributed by atoms with Crippen LogP contribution in [-0.2, 0) is 11.2 Å². The zero-order valence-corrected chi connectivity index (χ0v) is 10.8. The molecular formula is C12H15N5O3. The molecule has 1 saturated carbocycles. The lowest BCUT2D eigenvalue weighted by Gasteiger charge is -2.22. The number of carboxylic acid groups (broad SMARTS) is 1. The maximum absolute atomic E-state index is 11.7. The van der Waals surface area contributed by atoms with Gasteiger partial charge in [-0.15, -0.1) is 0 Å². The Kier molecular flexibility index (Phi) is 2.73. The summed E-state index contributed by atoms with van der Waals surface area (Å²) in [5, 5.41) is 9.45. The number of nitrogens with one attached hydrogen (secondary N) is 2. The van der Waals surface area contributed by atoms with Gasteiger partial charge in [-0.3, -0.25) is 14.6 Å². The van der Waals surface area contributed by atoms with Crippen molar-refractivity contribution in [3.05, 3.63) is 16.2 Å². The van der Waals surface area contributed by atoms with Gasteiger partial charge in [0, 0.05) is 6.42 Å². The molecule has 5 N–H and O–H groups in total. The number of rotatable bonds is 3. The molecule has 3 rings (SSSR count). The van der Waals surface area contributed by atoms with E-state index in [2.05, 4.69) is 19.9 Å². The lowest BCUT2D eigenvalue weighted by atomic mass is 9.82. The van der Waals surface area contributed by atoms with E-state index < -0.39 is 16.9 Å². The predicted molar refractivity (Wildman–Crippen MR) is 71.2 cm³/mol. The van der Waals surface area contributed by atoms with Gasteiger partial charge in [-0.1, -0.05) is 12.8 Å². The molecule has 0 radical (unpaired) electrons. The molecule has 0 bridgehead atoms. The van der Waals surface area contributed by atoms with Crippen LogP contribution >= 0.6 is 0 Å². The number of aliphatic carboxylic acids is 1. The fourth-order valence-corrected chi connectivity index (χ4v) is 2.89. The zero-order chi connectivity index (χ0) is 14.3. The topological polar surface area (TPSA) is 138 Å². The summed E-state index contributed by atoms with van der Waals surface area (Å²) < 4.78 is 0. The number of imidazole rings is 1. The third kappa shape index (κ3) is 1.93. The highest BCUT2D eigenvalue weighted by Crippen LogP contribution is 2.40. The highest BCUT2D eigenvalue weighted by atomic mass is 16.4. The van der Waals surface area contributed by atoms with Crippen molar-refractivity contribution in [1.82, 2.24) is 19.9 Å². The van der Waals surface area contributed by atoms with Crippen molar-refractivity contribution < 1.29 is 9.90 Å². The Morgan fingerprint density at radius 2 is 2.00 bits per heavy atom. The Balaban J connectivity index is 2.01. The van der Waals surface area contributed by atoms with E-state index in [9.17, 15) is 14.7 Å².